The summed E-state index contributed by atoms with van der Waals surface area (Å²) in [7, 11) is -0.709. The Kier molecular flexibility index (Phi) is 9.19. The first kappa shape index (κ1) is 35.7. The first-order valence-electron chi connectivity index (χ1n) is 18.1. The first-order chi connectivity index (χ1) is 24.8. The molecule has 13 heteroatoms. The highest BCUT2D eigenvalue weighted by Crippen LogP contribution is 2.46. The molecular formula is C39H46FN5O6Si. The zero-order valence-corrected chi connectivity index (χ0v) is 31.9. The van der Waals surface area contributed by atoms with Gasteiger partial charge in [0.1, 0.15) is 36.9 Å². The second-order valence-corrected chi connectivity index (χ2v) is 20.8. The van der Waals surface area contributed by atoms with E-state index in [1.54, 1.807) is 18.2 Å². The number of benzene rings is 2. The molecule has 5 heterocycles. The third-order valence-corrected chi connectivity index (χ3v) is 17.9. The van der Waals surface area contributed by atoms with Gasteiger partial charge in [-0.3, -0.25) is 4.90 Å². The quantitative estimate of drug-likeness (QED) is 0.114. The summed E-state index contributed by atoms with van der Waals surface area (Å²) in [5.74, 6) is 4.08. The number of aromatic amines is 1. The van der Waals surface area contributed by atoms with Crippen molar-refractivity contribution in [2.75, 3.05) is 25.3 Å². The van der Waals surface area contributed by atoms with Crippen molar-refractivity contribution in [3.63, 3.8) is 0 Å². The minimum Gasteiger partial charge on any atom is -0.472 e. The number of H-pyrrole nitrogens is 1. The third kappa shape index (κ3) is 5.67. The van der Waals surface area contributed by atoms with Gasteiger partial charge in [-0.15, -0.1) is 5.54 Å². The highest BCUT2D eigenvalue weighted by atomic mass is 28.3. The van der Waals surface area contributed by atoms with Gasteiger partial charge in [0, 0.05) is 24.6 Å². The van der Waals surface area contributed by atoms with E-state index < -0.39 is 31.8 Å². The number of nitrogens with one attached hydrogen (secondary N) is 1. The standard InChI is InChI=1S/C39H46FN5O6Si/c1-20(2)52(21(3)4,22(5)6)14-13-27-29(40)11-9-24-15-26(50-19-49-8)16-28(33(24)27)30-17-31-34-36(43-38(46)42-31)44-18-25-10-12-32(45(25)39(47)48)35(44)23(7)51-37(34)41-30/h9,11,15-17,20-23,25,32,35H,10,12,18-19H2,1-8H3,(H,47,48)(H,42,43,46). The van der Waals surface area contributed by atoms with E-state index in [1.807, 2.05) is 17.9 Å². The average molecular weight is 728 g/mol. The van der Waals surface area contributed by atoms with Crippen LogP contribution in [0.3, 0.4) is 0 Å². The normalized spacial score (nSPS) is 21.0. The number of carbonyl (C=O) groups is 1. The predicted octanol–water partition coefficient (Wildman–Crippen LogP) is 7.31. The van der Waals surface area contributed by atoms with Crippen molar-refractivity contribution in [1.29, 1.82) is 0 Å². The lowest BCUT2D eigenvalue weighted by Gasteiger charge is -2.47. The van der Waals surface area contributed by atoms with Crippen molar-refractivity contribution in [2.24, 2.45) is 0 Å². The Balaban J connectivity index is 1.47. The Morgan fingerprint density at radius 3 is 2.50 bits per heavy atom. The molecule has 52 heavy (non-hydrogen) atoms. The summed E-state index contributed by atoms with van der Waals surface area (Å²) in [5.41, 5.74) is 5.87. The maximum absolute atomic E-state index is 16.2. The molecule has 2 aromatic carbocycles. The van der Waals surface area contributed by atoms with Crippen molar-refractivity contribution in [3.8, 4) is 34.4 Å². The molecule has 4 aromatic rings. The SMILES string of the molecule is COCOc1cc(-c2cc3[nH]c(=O)nc4c3c(n2)OC(C)C2C3CCC(CN42)N3C(=O)O)c2c(C#C[Si](C(C)C)(C(C)C)C(C)C)c(F)ccc2c1. The van der Waals surface area contributed by atoms with Gasteiger partial charge < -0.3 is 29.2 Å². The van der Waals surface area contributed by atoms with Crippen LogP contribution in [0.15, 0.2) is 35.1 Å². The van der Waals surface area contributed by atoms with E-state index in [-0.39, 0.29) is 36.4 Å². The molecule has 2 fully saturated rings. The molecule has 0 spiro atoms. The molecule has 1 amide bonds. The lowest BCUT2D eigenvalue weighted by molar-refractivity contribution is 0.0512. The number of rotatable bonds is 7. The van der Waals surface area contributed by atoms with Crippen molar-refractivity contribution < 1.29 is 28.5 Å². The monoisotopic (exact) mass is 727 g/mol. The van der Waals surface area contributed by atoms with E-state index in [0.29, 0.717) is 74.1 Å². The Bertz CT molecular complexity index is 2170. The Morgan fingerprint density at radius 1 is 1.10 bits per heavy atom. The molecule has 11 nitrogen and oxygen atoms in total. The minimum absolute atomic E-state index is 0.00376. The number of pyridine rings is 1. The number of ether oxygens (including phenoxy) is 3. The number of anilines is 1. The van der Waals surface area contributed by atoms with Crippen molar-refractivity contribution in [1.82, 2.24) is 19.9 Å². The Hall–Kier alpha value is -4.67. The molecule has 0 saturated carbocycles. The molecule has 2 bridgehead atoms. The van der Waals surface area contributed by atoms with E-state index in [1.165, 1.54) is 18.1 Å². The minimum atomic E-state index is -2.24. The summed E-state index contributed by atoms with van der Waals surface area (Å²) in [6.07, 6.45) is -0.0702. The number of fused-ring (bicyclic) bond motifs is 6. The lowest BCUT2D eigenvalue weighted by Crippen LogP contribution is -2.65. The van der Waals surface area contributed by atoms with Crippen molar-refractivity contribution in [2.45, 2.75) is 102 Å². The van der Waals surface area contributed by atoms with Crippen LogP contribution in [0.5, 0.6) is 11.6 Å². The van der Waals surface area contributed by atoms with E-state index in [0.717, 1.165) is 6.42 Å². The van der Waals surface area contributed by atoms with Gasteiger partial charge in [0.05, 0.1) is 34.9 Å². The zero-order chi connectivity index (χ0) is 37.2. The molecule has 4 atom stereocenters. The number of hydrogen-bond donors (Lipinski definition) is 2. The summed E-state index contributed by atoms with van der Waals surface area (Å²) in [5, 5.41) is 11.9. The van der Waals surface area contributed by atoms with Gasteiger partial charge in [0.15, 0.2) is 6.79 Å². The molecule has 2 aromatic heterocycles. The summed E-state index contributed by atoms with van der Waals surface area (Å²) in [6, 6.07) is 7.57. The molecule has 7 rings (SSSR count). The number of piperazine rings is 1. The summed E-state index contributed by atoms with van der Waals surface area (Å²) in [4.78, 5) is 41.5. The van der Waals surface area contributed by atoms with E-state index >= 15 is 4.39 Å². The summed E-state index contributed by atoms with van der Waals surface area (Å²) < 4.78 is 33.9. The first-order valence-corrected chi connectivity index (χ1v) is 20.3. The van der Waals surface area contributed by atoms with E-state index in [2.05, 4.69) is 63.0 Å². The van der Waals surface area contributed by atoms with Crippen LogP contribution in [0.25, 0.3) is 32.9 Å². The molecule has 0 aliphatic carbocycles. The van der Waals surface area contributed by atoms with Gasteiger partial charge in [0.2, 0.25) is 5.88 Å². The van der Waals surface area contributed by atoms with Crippen molar-refractivity contribution in [3.05, 3.63) is 52.2 Å². The maximum Gasteiger partial charge on any atom is 0.407 e. The van der Waals surface area contributed by atoms with Gasteiger partial charge in [-0.25, -0.2) is 19.0 Å². The van der Waals surface area contributed by atoms with Crippen LogP contribution in [0.1, 0.15) is 66.9 Å². The fourth-order valence-corrected chi connectivity index (χ4v) is 14.6. The number of halogens is 1. The highest BCUT2D eigenvalue weighted by Gasteiger charge is 2.53. The maximum atomic E-state index is 16.2. The van der Waals surface area contributed by atoms with Crippen LogP contribution < -0.4 is 20.1 Å². The number of carboxylic acid groups (broad SMARTS) is 1. The zero-order valence-electron chi connectivity index (χ0n) is 30.9. The molecule has 2 N–H and O–H groups in total. The van der Waals surface area contributed by atoms with Crippen LogP contribution in [-0.2, 0) is 4.74 Å². The molecule has 4 unspecified atom stereocenters. The van der Waals surface area contributed by atoms with Crippen LogP contribution >= 0.6 is 0 Å². The fourth-order valence-electron chi connectivity index (χ4n) is 9.44. The molecule has 0 radical (unpaired) electrons. The fraction of sp³-hybridized carbons (Fsp3) is 0.487. The summed E-state index contributed by atoms with van der Waals surface area (Å²) in [6.45, 7) is 15.6. The van der Waals surface area contributed by atoms with Gasteiger partial charge in [-0.05, 0) is 66.0 Å². The molecule has 2 saturated heterocycles. The van der Waals surface area contributed by atoms with Crippen molar-refractivity contribution >= 4 is 41.7 Å². The highest BCUT2D eigenvalue weighted by molar-refractivity contribution is 6.90. The van der Waals surface area contributed by atoms with Gasteiger partial charge in [0.25, 0.3) is 0 Å². The number of amides is 1. The smallest absolute Gasteiger partial charge is 0.407 e. The van der Waals surface area contributed by atoms with Gasteiger partial charge in [-0.1, -0.05) is 53.5 Å². The predicted molar refractivity (Wildman–Crippen MR) is 201 cm³/mol. The topological polar surface area (TPSA) is 130 Å². The number of hydrogen-bond acceptors (Lipinski definition) is 8. The number of methoxy groups -OCH3 is 1. The molecule has 3 aliphatic heterocycles. The van der Waals surface area contributed by atoms with Crippen LogP contribution in [-0.4, -0.2) is 83.8 Å². The van der Waals surface area contributed by atoms with Crippen LogP contribution in [0.4, 0.5) is 15.0 Å². The average Bonchev–Trinajstić information content (AvgIpc) is 3.33. The largest absolute Gasteiger partial charge is 0.472 e. The molecular weight excluding hydrogens is 682 g/mol. The van der Waals surface area contributed by atoms with Gasteiger partial charge in [-0.2, -0.15) is 4.98 Å². The summed E-state index contributed by atoms with van der Waals surface area (Å²) >= 11 is 0. The van der Waals surface area contributed by atoms with E-state index in [4.69, 9.17) is 19.2 Å². The number of aromatic nitrogens is 3. The second kappa shape index (κ2) is 13.4. The second-order valence-electron chi connectivity index (χ2n) is 15.2. The molecule has 3 aliphatic rings. The third-order valence-electron chi connectivity index (χ3n) is 11.6. The Morgan fingerprint density at radius 2 is 1.83 bits per heavy atom. The lowest BCUT2D eigenvalue weighted by atomic mass is 9.96. The molecule has 274 valence electrons. The number of nitrogens with zero attached hydrogens (tertiary/aromatic N) is 4. The van der Waals surface area contributed by atoms with Crippen LogP contribution in [0.2, 0.25) is 16.6 Å². The van der Waals surface area contributed by atoms with Crippen LogP contribution in [0, 0.1) is 17.3 Å². The van der Waals surface area contributed by atoms with E-state index in [9.17, 15) is 14.7 Å². The van der Waals surface area contributed by atoms with Gasteiger partial charge >= 0.3 is 11.8 Å². The Labute approximate surface area is 303 Å².